The average Bonchev–Trinajstić information content (AvgIpc) is 2.67. The summed E-state index contributed by atoms with van der Waals surface area (Å²) in [5, 5.41) is 13.6. The number of nitrogens with one attached hydrogen (secondary N) is 1. The molecule has 1 N–H and O–H groups in total. The number of amides is 1. The van der Waals surface area contributed by atoms with Crippen molar-refractivity contribution in [2.45, 2.75) is 18.7 Å². The maximum Gasteiger partial charge on any atom is 0.316 e. The Morgan fingerprint density at radius 1 is 1.21 bits per heavy atom. The molecule has 2 rings (SSSR count). The van der Waals surface area contributed by atoms with Crippen LogP contribution < -0.4 is 10.1 Å². The van der Waals surface area contributed by atoms with E-state index in [1.54, 1.807) is 6.92 Å². The first-order chi connectivity index (χ1) is 13.4. The molecule has 0 radical (unpaired) electrons. The molecule has 0 saturated carbocycles. The summed E-state index contributed by atoms with van der Waals surface area (Å²) in [4.78, 5) is 35.3. The van der Waals surface area contributed by atoms with Gasteiger partial charge in [-0.1, -0.05) is 18.2 Å². The van der Waals surface area contributed by atoms with Crippen LogP contribution in [0.15, 0.2) is 47.4 Å². The summed E-state index contributed by atoms with van der Waals surface area (Å²) >= 11 is 1.31. The van der Waals surface area contributed by atoms with Gasteiger partial charge in [-0.2, -0.15) is 0 Å². The largest absolute Gasteiger partial charge is 0.494 e. The number of carbonyl (C=O) groups is 2. The van der Waals surface area contributed by atoms with Gasteiger partial charge in [0.15, 0.2) is 6.61 Å². The molecule has 28 heavy (non-hydrogen) atoms. The monoisotopic (exact) mass is 404 g/mol. The molecular formula is C19H20N2O6S. The van der Waals surface area contributed by atoms with Crippen molar-refractivity contribution < 1.29 is 24.0 Å². The molecule has 0 saturated heterocycles. The fraction of sp³-hybridized carbons (Fsp3) is 0.263. The van der Waals surface area contributed by atoms with Crippen molar-refractivity contribution in [1.82, 2.24) is 0 Å². The van der Waals surface area contributed by atoms with Gasteiger partial charge in [-0.3, -0.25) is 19.7 Å². The third-order valence-corrected chi connectivity index (χ3v) is 4.70. The van der Waals surface area contributed by atoms with Gasteiger partial charge >= 0.3 is 5.97 Å². The SMILES string of the molecule is CCOc1ccc(NC(=O)COC(=O)CSc2ccccc2C)c([N+](=O)[O-])c1. The van der Waals surface area contributed by atoms with Gasteiger partial charge in [-0.25, -0.2) is 0 Å². The maximum atomic E-state index is 12.0. The molecule has 0 aliphatic heterocycles. The molecule has 0 heterocycles. The lowest BCUT2D eigenvalue weighted by atomic mass is 10.2. The van der Waals surface area contributed by atoms with Gasteiger partial charge in [0.05, 0.1) is 23.3 Å². The number of carbonyl (C=O) groups excluding carboxylic acids is 2. The zero-order valence-electron chi connectivity index (χ0n) is 15.5. The topological polar surface area (TPSA) is 108 Å². The number of nitrogens with zero attached hydrogens (tertiary/aromatic N) is 1. The third-order valence-electron chi connectivity index (χ3n) is 3.55. The summed E-state index contributed by atoms with van der Waals surface area (Å²) in [6, 6.07) is 11.7. The highest BCUT2D eigenvalue weighted by Gasteiger charge is 2.18. The van der Waals surface area contributed by atoms with Crippen LogP contribution >= 0.6 is 11.8 Å². The van der Waals surface area contributed by atoms with E-state index in [9.17, 15) is 19.7 Å². The standard InChI is InChI=1S/C19H20N2O6S/c1-3-26-14-8-9-15(16(10-14)21(24)25)20-18(22)11-27-19(23)12-28-17-7-5-4-6-13(17)2/h4-10H,3,11-12H2,1-2H3,(H,20,22). The molecule has 0 aliphatic rings. The van der Waals surface area contributed by atoms with Crippen LogP contribution in [-0.4, -0.2) is 35.8 Å². The summed E-state index contributed by atoms with van der Waals surface area (Å²) in [6.07, 6.45) is 0. The number of aryl methyl sites for hydroxylation is 1. The predicted molar refractivity (Wildman–Crippen MR) is 106 cm³/mol. The first-order valence-corrected chi connectivity index (χ1v) is 9.44. The van der Waals surface area contributed by atoms with Crippen LogP contribution in [0.3, 0.4) is 0 Å². The van der Waals surface area contributed by atoms with E-state index in [1.807, 2.05) is 31.2 Å². The summed E-state index contributed by atoms with van der Waals surface area (Å²) in [5.41, 5.74) is 0.741. The second kappa shape index (κ2) is 10.3. The smallest absolute Gasteiger partial charge is 0.316 e. The number of anilines is 1. The molecule has 0 unspecified atom stereocenters. The molecular weight excluding hydrogens is 384 g/mol. The Morgan fingerprint density at radius 2 is 1.96 bits per heavy atom. The van der Waals surface area contributed by atoms with Crippen molar-refractivity contribution in [2.24, 2.45) is 0 Å². The fourth-order valence-corrected chi connectivity index (χ4v) is 3.08. The Labute approximate surface area is 166 Å². The van der Waals surface area contributed by atoms with Crippen LogP contribution in [0.25, 0.3) is 0 Å². The Bertz CT molecular complexity index is 871. The predicted octanol–water partition coefficient (Wildman–Crippen LogP) is 3.58. The number of hydrogen-bond donors (Lipinski definition) is 1. The molecule has 0 atom stereocenters. The summed E-state index contributed by atoms with van der Waals surface area (Å²) in [6.45, 7) is 3.52. The molecule has 8 nitrogen and oxygen atoms in total. The summed E-state index contributed by atoms with van der Waals surface area (Å²) in [5.74, 6) is -0.834. The molecule has 2 aromatic carbocycles. The number of hydrogen-bond acceptors (Lipinski definition) is 7. The van der Waals surface area contributed by atoms with Crippen LogP contribution in [0.5, 0.6) is 5.75 Å². The normalized spacial score (nSPS) is 10.2. The third kappa shape index (κ3) is 6.27. The van der Waals surface area contributed by atoms with Crippen molar-refractivity contribution in [1.29, 1.82) is 0 Å². The van der Waals surface area contributed by atoms with Gasteiger partial charge in [0.25, 0.3) is 11.6 Å². The number of benzene rings is 2. The average molecular weight is 404 g/mol. The van der Waals surface area contributed by atoms with E-state index in [2.05, 4.69) is 5.32 Å². The highest BCUT2D eigenvalue weighted by atomic mass is 32.2. The molecule has 0 aliphatic carbocycles. The number of thioether (sulfide) groups is 1. The second-order valence-electron chi connectivity index (χ2n) is 5.63. The fourth-order valence-electron chi connectivity index (χ4n) is 2.25. The maximum absolute atomic E-state index is 12.0. The van der Waals surface area contributed by atoms with Crippen molar-refractivity contribution in [3.8, 4) is 5.75 Å². The molecule has 1 amide bonds. The molecule has 0 aromatic heterocycles. The van der Waals surface area contributed by atoms with Crippen molar-refractivity contribution >= 4 is 35.0 Å². The Balaban J connectivity index is 1.87. The van der Waals surface area contributed by atoms with E-state index in [4.69, 9.17) is 9.47 Å². The minimum absolute atomic E-state index is 0.00351. The van der Waals surface area contributed by atoms with E-state index in [0.717, 1.165) is 10.5 Å². The highest BCUT2D eigenvalue weighted by Crippen LogP contribution is 2.29. The first kappa shape index (κ1) is 21.2. The minimum Gasteiger partial charge on any atom is -0.494 e. The second-order valence-corrected chi connectivity index (χ2v) is 6.65. The van der Waals surface area contributed by atoms with Crippen molar-refractivity contribution in [3.05, 3.63) is 58.1 Å². The van der Waals surface area contributed by atoms with Crippen molar-refractivity contribution in [2.75, 3.05) is 24.3 Å². The van der Waals surface area contributed by atoms with E-state index in [1.165, 1.54) is 30.0 Å². The van der Waals surface area contributed by atoms with Crippen LogP contribution in [0, 0.1) is 17.0 Å². The number of rotatable bonds is 9. The van der Waals surface area contributed by atoms with Gasteiger partial charge in [-0.05, 0) is 37.6 Å². The van der Waals surface area contributed by atoms with Gasteiger partial charge in [0.1, 0.15) is 11.4 Å². The van der Waals surface area contributed by atoms with Gasteiger partial charge in [0.2, 0.25) is 0 Å². The van der Waals surface area contributed by atoms with E-state index in [0.29, 0.717) is 12.4 Å². The van der Waals surface area contributed by atoms with Crippen LogP contribution in [0.4, 0.5) is 11.4 Å². The lowest BCUT2D eigenvalue weighted by Gasteiger charge is -2.09. The Morgan fingerprint density at radius 3 is 2.64 bits per heavy atom. The minimum atomic E-state index is -0.665. The summed E-state index contributed by atoms with van der Waals surface area (Å²) in [7, 11) is 0. The molecule has 0 bridgehead atoms. The number of nitro groups is 1. The zero-order chi connectivity index (χ0) is 20.5. The molecule has 2 aromatic rings. The summed E-state index contributed by atoms with van der Waals surface area (Å²) < 4.78 is 10.2. The van der Waals surface area contributed by atoms with E-state index < -0.39 is 23.4 Å². The lowest BCUT2D eigenvalue weighted by molar-refractivity contribution is -0.384. The van der Waals surface area contributed by atoms with E-state index in [-0.39, 0.29) is 17.1 Å². The molecule has 0 fully saturated rings. The molecule has 148 valence electrons. The zero-order valence-corrected chi connectivity index (χ0v) is 16.3. The van der Waals surface area contributed by atoms with Crippen LogP contribution in [-0.2, 0) is 14.3 Å². The Kier molecular flexibility index (Phi) is 7.82. The van der Waals surface area contributed by atoms with Gasteiger partial charge in [0, 0.05) is 4.90 Å². The van der Waals surface area contributed by atoms with Gasteiger partial charge in [-0.15, -0.1) is 11.8 Å². The van der Waals surface area contributed by atoms with E-state index >= 15 is 0 Å². The first-order valence-electron chi connectivity index (χ1n) is 8.45. The van der Waals surface area contributed by atoms with Crippen LogP contribution in [0.2, 0.25) is 0 Å². The quantitative estimate of drug-likeness (QED) is 0.294. The molecule has 0 spiro atoms. The number of nitro benzene ring substituents is 1. The lowest BCUT2D eigenvalue weighted by Crippen LogP contribution is -2.22. The molecule has 9 heteroatoms. The Hall–Kier alpha value is -3.07. The van der Waals surface area contributed by atoms with Gasteiger partial charge < -0.3 is 14.8 Å². The number of esters is 1. The van der Waals surface area contributed by atoms with Crippen molar-refractivity contribution in [3.63, 3.8) is 0 Å². The highest BCUT2D eigenvalue weighted by molar-refractivity contribution is 8.00. The van der Waals surface area contributed by atoms with Crippen LogP contribution in [0.1, 0.15) is 12.5 Å². The number of ether oxygens (including phenoxy) is 2.